The number of nitrogens with one attached hydrogen (secondary N) is 1. The zero-order chi connectivity index (χ0) is 11.8. The molecule has 1 aromatic carbocycles. The van der Waals surface area contributed by atoms with Gasteiger partial charge in [-0.3, -0.25) is 0 Å². The highest BCUT2D eigenvalue weighted by Gasteiger charge is 2.22. The van der Waals surface area contributed by atoms with Gasteiger partial charge in [0.05, 0.1) is 17.1 Å². The maximum Gasteiger partial charge on any atom is 0.127 e. The Morgan fingerprint density at radius 2 is 2.41 bits per heavy atom. The fraction of sp³-hybridized carbons (Fsp3) is 0.462. The summed E-state index contributed by atoms with van der Waals surface area (Å²) in [6.07, 6.45) is 2.30. The molecule has 1 aromatic heterocycles. The Labute approximate surface area is 99.7 Å². The summed E-state index contributed by atoms with van der Waals surface area (Å²) >= 11 is 0. The maximum absolute atomic E-state index is 13.2. The first-order chi connectivity index (χ1) is 8.29. The minimum atomic E-state index is -0.218. The van der Waals surface area contributed by atoms with Gasteiger partial charge in [0.1, 0.15) is 11.6 Å². The van der Waals surface area contributed by atoms with Crippen molar-refractivity contribution in [3.63, 3.8) is 0 Å². The number of hydrogen-bond donors (Lipinski definition) is 1. The van der Waals surface area contributed by atoms with E-state index in [1.807, 2.05) is 6.07 Å². The summed E-state index contributed by atoms with van der Waals surface area (Å²) in [6, 6.07) is 5.16. The van der Waals surface area contributed by atoms with E-state index in [0.717, 1.165) is 36.4 Å². The van der Waals surface area contributed by atoms with E-state index in [4.69, 9.17) is 0 Å². The minimum absolute atomic E-state index is 0.218. The molecule has 1 saturated heterocycles. The third kappa shape index (κ3) is 1.72. The second-order valence-electron chi connectivity index (χ2n) is 4.50. The van der Waals surface area contributed by atoms with Gasteiger partial charge in [0.2, 0.25) is 0 Å². The number of fused-ring (bicyclic) bond motifs is 1. The Balaban J connectivity index is 2.16. The van der Waals surface area contributed by atoms with Gasteiger partial charge >= 0.3 is 0 Å². The van der Waals surface area contributed by atoms with Gasteiger partial charge < -0.3 is 9.88 Å². The second-order valence-corrected chi connectivity index (χ2v) is 4.50. The summed E-state index contributed by atoms with van der Waals surface area (Å²) in [5, 5.41) is 3.45. The fourth-order valence-electron chi connectivity index (χ4n) is 2.62. The summed E-state index contributed by atoms with van der Waals surface area (Å²) < 4.78 is 15.4. The van der Waals surface area contributed by atoms with Crippen LogP contribution in [-0.2, 0) is 6.54 Å². The van der Waals surface area contributed by atoms with Crippen LogP contribution in [0.1, 0.15) is 31.6 Å². The van der Waals surface area contributed by atoms with Crippen LogP contribution in [0, 0.1) is 5.82 Å². The SMILES string of the molecule is CCn1c(C2CCCN2)nc2cc(F)ccc21. The van der Waals surface area contributed by atoms with Gasteiger partial charge in [-0.25, -0.2) is 9.37 Å². The van der Waals surface area contributed by atoms with Crippen molar-refractivity contribution in [1.82, 2.24) is 14.9 Å². The fourth-order valence-corrected chi connectivity index (χ4v) is 2.62. The van der Waals surface area contributed by atoms with Crippen molar-refractivity contribution in [1.29, 1.82) is 0 Å². The summed E-state index contributed by atoms with van der Waals surface area (Å²) in [5.41, 5.74) is 1.79. The lowest BCUT2D eigenvalue weighted by molar-refractivity contribution is 0.565. The normalized spacial score (nSPS) is 20.2. The van der Waals surface area contributed by atoms with Crippen LogP contribution in [0.15, 0.2) is 18.2 Å². The molecule has 4 heteroatoms. The smallest absolute Gasteiger partial charge is 0.127 e. The highest BCUT2D eigenvalue weighted by molar-refractivity contribution is 5.76. The molecule has 1 unspecified atom stereocenters. The largest absolute Gasteiger partial charge is 0.327 e. The van der Waals surface area contributed by atoms with Crippen molar-refractivity contribution in [2.24, 2.45) is 0 Å². The number of aromatic nitrogens is 2. The molecule has 17 heavy (non-hydrogen) atoms. The van der Waals surface area contributed by atoms with Gasteiger partial charge in [-0.2, -0.15) is 0 Å². The average molecular weight is 233 g/mol. The number of imidazole rings is 1. The van der Waals surface area contributed by atoms with Gasteiger partial charge in [-0.05, 0) is 38.4 Å². The molecule has 0 bridgehead atoms. The number of hydrogen-bond acceptors (Lipinski definition) is 2. The highest BCUT2D eigenvalue weighted by Crippen LogP contribution is 2.26. The van der Waals surface area contributed by atoms with Crippen molar-refractivity contribution >= 4 is 11.0 Å². The summed E-state index contributed by atoms with van der Waals surface area (Å²) in [6.45, 7) is 4.02. The van der Waals surface area contributed by atoms with Crippen LogP contribution in [-0.4, -0.2) is 16.1 Å². The van der Waals surface area contributed by atoms with Crippen LogP contribution < -0.4 is 5.32 Å². The van der Waals surface area contributed by atoms with Crippen molar-refractivity contribution in [3.05, 3.63) is 29.8 Å². The van der Waals surface area contributed by atoms with Gasteiger partial charge in [0.15, 0.2) is 0 Å². The lowest BCUT2D eigenvalue weighted by Gasteiger charge is -2.12. The van der Waals surface area contributed by atoms with Crippen LogP contribution in [0.5, 0.6) is 0 Å². The van der Waals surface area contributed by atoms with Crippen LogP contribution in [0.3, 0.4) is 0 Å². The van der Waals surface area contributed by atoms with E-state index in [1.54, 1.807) is 0 Å². The summed E-state index contributed by atoms with van der Waals surface area (Å²) in [7, 11) is 0. The molecule has 3 rings (SSSR count). The molecule has 1 aliphatic heterocycles. The Kier molecular flexibility index (Phi) is 2.59. The summed E-state index contributed by atoms with van der Waals surface area (Å²) in [5.74, 6) is 0.829. The Bertz CT molecular complexity index is 541. The molecule has 0 amide bonds. The lowest BCUT2D eigenvalue weighted by Crippen LogP contribution is -2.17. The van der Waals surface area contributed by atoms with Crippen LogP contribution >= 0.6 is 0 Å². The zero-order valence-electron chi connectivity index (χ0n) is 9.91. The van der Waals surface area contributed by atoms with E-state index in [0.29, 0.717) is 6.04 Å². The maximum atomic E-state index is 13.2. The first-order valence-electron chi connectivity index (χ1n) is 6.18. The van der Waals surface area contributed by atoms with Gasteiger partial charge in [-0.15, -0.1) is 0 Å². The monoisotopic (exact) mass is 233 g/mol. The Morgan fingerprint density at radius 1 is 1.53 bits per heavy atom. The molecule has 0 radical (unpaired) electrons. The lowest BCUT2D eigenvalue weighted by atomic mass is 10.2. The molecule has 1 atom stereocenters. The topological polar surface area (TPSA) is 29.9 Å². The highest BCUT2D eigenvalue weighted by atomic mass is 19.1. The van der Waals surface area contributed by atoms with E-state index in [9.17, 15) is 4.39 Å². The number of halogens is 1. The third-order valence-corrected chi connectivity index (χ3v) is 3.43. The molecule has 0 spiro atoms. The van der Waals surface area contributed by atoms with E-state index in [2.05, 4.69) is 21.8 Å². The third-order valence-electron chi connectivity index (χ3n) is 3.43. The molecule has 90 valence electrons. The first-order valence-corrected chi connectivity index (χ1v) is 6.18. The summed E-state index contributed by atoms with van der Waals surface area (Å²) in [4.78, 5) is 4.59. The molecular weight excluding hydrogens is 217 g/mol. The molecule has 1 fully saturated rings. The van der Waals surface area contributed by atoms with Gasteiger partial charge in [-0.1, -0.05) is 0 Å². The van der Waals surface area contributed by atoms with E-state index in [1.165, 1.54) is 18.6 Å². The van der Waals surface area contributed by atoms with E-state index >= 15 is 0 Å². The molecule has 0 saturated carbocycles. The molecular formula is C13H16FN3. The number of benzene rings is 1. The van der Waals surface area contributed by atoms with Gasteiger partial charge in [0, 0.05) is 12.6 Å². The van der Waals surface area contributed by atoms with Crippen molar-refractivity contribution in [3.8, 4) is 0 Å². The van der Waals surface area contributed by atoms with Crippen LogP contribution in [0.4, 0.5) is 4.39 Å². The predicted molar refractivity (Wildman–Crippen MR) is 65.3 cm³/mol. The molecule has 1 aliphatic rings. The Hall–Kier alpha value is -1.42. The van der Waals surface area contributed by atoms with Crippen molar-refractivity contribution < 1.29 is 4.39 Å². The molecule has 0 aliphatic carbocycles. The average Bonchev–Trinajstić information content (AvgIpc) is 2.94. The molecule has 2 heterocycles. The first kappa shape index (κ1) is 10.7. The van der Waals surface area contributed by atoms with Crippen LogP contribution in [0.2, 0.25) is 0 Å². The number of rotatable bonds is 2. The minimum Gasteiger partial charge on any atom is -0.327 e. The van der Waals surface area contributed by atoms with Crippen molar-refractivity contribution in [2.45, 2.75) is 32.4 Å². The van der Waals surface area contributed by atoms with E-state index in [-0.39, 0.29) is 5.82 Å². The standard InChI is InChI=1S/C13H16FN3/c1-2-17-12-6-5-9(14)8-11(12)16-13(17)10-4-3-7-15-10/h5-6,8,10,15H,2-4,7H2,1H3. The number of aryl methyl sites for hydroxylation is 1. The Morgan fingerprint density at radius 3 is 3.12 bits per heavy atom. The van der Waals surface area contributed by atoms with Gasteiger partial charge in [0.25, 0.3) is 0 Å². The molecule has 2 aromatic rings. The quantitative estimate of drug-likeness (QED) is 0.864. The van der Waals surface area contributed by atoms with Crippen molar-refractivity contribution in [2.75, 3.05) is 6.54 Å². The van der Waals surface area contributed by atoms with E-state index < -0.39 is 0 Å². The second kappa shape index (κ2) is 4.11. The number of nitrogens with zero attached hydrogens (tertiary/aromatic N) is 2. The predicted octanol–water partition coefficient (Wildman–Crippen LogP) is 2.62. The molecule has 1 N–H and O–H groups in total. The zero-order valence-corrected chi connectivity index (χ0v) is 9.91. The molecule has 3 nitrogen and oxygen atoms in total. The van der Waals surface area contributed by atoms with Crippen LogP contribution in [0.25, 0.3) is 11.0 Å².